The summed E-state index contributed by atoms with van der Waals surface area (Å²) >= 11 is 0. The van der Waals surface area contributed by atoms with Crippen LogP contribution in [0.5, 0.6) is 5.75 Å². The number of nitrogens with one attached hydrogen (secondary N) is 1. The molecule has 0 aliphatic carbocycles. The third-order valence-corrected chi connectivity index (χ3v) is 4.74. The number of piperazine rings is 1. The Morgan fingerprint density at radius 1 is 1.14 bits per heavy atom. The second-order valence-electron chi connectivity index (χ2n) is 7.03. The van der Waals surface area contributed by atoms with Crippen molar-refractivity contribution in [2.75, 3.05) is 32.7 Å². The number of carbonyl (C=O) groups is 1. The lowest BCUT2D eigenvalue weighted by Gasteiger charge is -2.34. The molecule has 28 heavy (non-hydrogen) atoms. The second kappa shape index (κ2) is 9.43. The predicted octanol–water partition coefficient (Wildman–Crippen LogP) is 2.11. The van der Waals surface area contributed by atoms with Gasteiger partial charge in [-0.1, -0.05) is 29.8 Å². The Kier molecular flexibility index (Phi) is 6.73. The Morgan fingerprint density at radius 2 is 1.82 bits per heavy atom. The fourth-order valence-corrected chi connectivity index (χ4v) is 3.10. The van der Waals surface area contributed by atoms with E-state index in [1.54, 1.807) is 0 Å². The summed E-state index contributed by atoms with van der Waals surface area (Å²) in [5, 5.41) is 13.4. The lowest BCUT2D eigenvalue weighted by Crippen LogP contribution is -2.48. The Balaban J connectivity index is 1.40. The SMILES string of the molecule is Cc1ccc(CN2CCN(CC(=O)N/N=C/c3cc(F)ccc3O)CC2)cc1. The van der Waals surface area contributed by atoms with Gasteiger partial charge in [0.05, 0.1) is 12.8 Å². The number of benzene rings is 2. The highest BCUT2D eigenvalue weighted by molar-refractivity contribution is 5.85. The predicted molar refractivity (Wildman–Crippen MR) is 107 cm³/mol. The van der Waals surface area contributed by atoms with Gasteiger partial charge >= 0.3 is 0 Å². The van der Waals surface area contributed by atoms with Gasteiger partial charge in [0.15, 0.2) is 0 Å². The summed E-state index contributed by atoms with van der Waals surface area (Å²) < 4.78 is 13.2. The lowest BCUT2D eigenvalue weighted by atomic mass is 10.1. The number of aromatic hydroxyl groups is 1. The number of amides is 1. The number of phenolic OH excluding ortho intramolecular Hbond substituents is 1. The van der Waals surface area contributed by atoms with Crippen LogP contribution in [-0.4, -0.2) is 59.8 Å². The molecule has 1 aliphatic heterocycles. The Bertz CT molecular complexity index is 831. The molecule has 0 spiro atoms. The molecule has 0 unspecified atom stereocenters. The van der Waals surface area contributed by atoms with Gasteiger partial charge in [0, 0.05) is 38.3 Å². The smallest absolute Gasteiger partial charge is 0.254 e. The zero-order valence-electron chi connectivity index (χ0n) is 15.9. The largest absolute Gasteiger partial charge is 0.507 e. The molecule has 1 saturated heterocycles. The van der Waals surface area contributed by atoms with E-state index in [4.69, 9.17) is 0 Å². The van der Waals surface area contributed by atoms with Crippen molar-refractivity contribution >= 4 is 12.1 Å². The molecule has 7 heteroatoms. The molecule has 1 heterocycles. The molecule has 1 fully saturated rings. The van der Waals surface area contributed by atoms with Gasteiger partial charge in [0.2, 0.25) is 0 Å². The molecule has 6 nitrogen and oxygen atoms in total. The van der Waals surface area contributed by atoms with Crippen LogP contribution in [0.15, 0.2) is 47.6 Å². The van der Waals surface area contributed by atoms with Crippen molar-refractivity contribution in [1.82, 2.24) is 15.2 Å². The maximum absolute atomic E-state index is 13.2. The standard InChI is InChI=1S/C21H25FN4O2/c1-16-2-4-17(5-3-16)14-25-8-10-26(11-9-25)15-21(28)24-23-13-18-12-19(22)6-7-20(18)27/h2-7,12-13,27H,8-11,14-15H2,1H3,(H,24,28)/b23-13+. The third-order valence-electron chi connectivity index (χ3n) is 4.74. The highest BCUT2D eigenvalue weighted by Gasteiger charge is 2.18. The van der Waals surface area contributed by atoms with Crippen molar-refractivity contribution in [2.45, 2.75) is 13.5 Å². The molecule has 1 amide bonds. The molecule has 0 radical (unpaired) electrons. The van der Waals surface area contributed by atoms with E-state index in [0.29, 0.717) is 0 Å². The van der Waals surface area contributed by atoms with Gasteiger partial charge in [-0.25, -0.2) is 9.82 Å². The van der Waals surface area contributed by atoms with E-state index in [1.165, 1.54) is 23.4 Å². The quantitative estimate of drug-likeness (QED) is 0.591. The molecule has 0 aromatic heterocycles. The highest BCUT2D eigenvalue weighted by Crippen LogP contribution is 2.15. The first kappa shape index (κ1) is 20.0. The highest BCUT2D eigenvalue weighted by atomic mass is 19.1. The van der Waals surface area contributed by atoms with Crippen LogP contribution < -0.4 is 5.43 Å². The van der Waals surface area contributed by atoms with E-state index in [9.17, 15) is 14.3 Å². The molecule has 0 bridgehead atoms. The summed E-state index contributed by atoms with van der Waals surface area (Å²) in [4.78, 5) is 16.5. The van der Waals surface area contributed by atoms with Crippen LogP contribution in [0.2, 0.25) is 0 Å². The van der Waals surface area contributed by atoms with Crippen LogP contribution in [0.25, 0.3) is 0 Å². The molecule has 148 valence electrons. The molecule has 2 aromatic rings. The van der Waals surface area contributed by atoms with Crippen LogP contribution in [0.1, 0.15) is 16.7 Å². The number of halogens is 1. The molecule has 2 aromatic carbocycles. The van der Waals surface area contributed by atoms with Gasteiger partial charge in [-0.15, -0.1) is 0 Å². The van der Waals surface area contributed by atoms with E-state index in [1.807, 2.05) is 0 Å². The van der Waals surface area contributed by atoms with Gasteiger partial charge in [-0.3, -0.25) is 14.6 Å². The van der Waals surface area contributed by atoms with Crippen molar-refractivity contribution in [3.8, 4) is 5.75 Å². The molecule has 0 atom stereocenters. The van der Waals surface area contributed by atoms with Crippen LogP contribution >= 0.6 is 0 Å². The Labute approximate surface area is 164 Å². The van der Waals surface area contributed by atoms with Crippen LogP contribution in [0, 0.1) is 12.7 Å². The fourth-order valence-electron chi connectivity index (χ4n) is 3.10. The number of nitrogens with zero attached hydrogens (tertiary/aromatic N) is 3. The number of carbonyl (C=O) groups excluding carboxylic acids is 1. The zero-order chi connectivity index (χ0) is 19.9. The van der Waals surface area contributed by atoms with Crippen molar-refractivity contribution in [3.63, 3.8) is 0 Å². The average Bonchev–Trinajstić information content (AvgIpc) is 2.68. The van der Waals surface area contributed by atoms with Gasteiger partial charge in [-0.05, 0) is 30.7 Å². The number of hydrazone groups is 1. The van der Waals surface area contributed by atoms with Crippen molar-refractivity contribution in [2.24, 2.45) is 5.10 Å². The van der Waals surface area contributed by atoms with E-state index < -0.39 is 5.82 Å². The third kappa shape index (κ3) is 5.87. The molecule has 0 saturated carbocycles. The number of hydrogen-bond acceptors (Lipinski definition) is 5. The first-order valence-corrected chi connectivity index (χ1v) is 9.30. The van der Waals surface area contributed by atoms with Crippen LogP contribution in [0.4, 0.5) is 4.39 Å². The van der Waals surface area contributed by atoms with Crippen molar-refractivity contribution < 1.29 is 14.3 Å². The normalized spacial score (nSPS) is 15.8. The van der Waals surface area contributed by atoms with Crippen LogP contribution in [0.3, 0.4) is 0 Å². The number of aryl methyl sites for hydroxylation is 1. The van der Waals surface area contributed by atoms with E-state index in [2.05, 4.69) is 51.5 Å². The second-order valence-corrected chi connectivity index (χ2v) is 7.03. The fraction of sp³-hybridized carbons (Fsp3) is 0.333. The van der Waals surface area contributed by atoms with Crippen LogP contribution in [-0.2, 0) is 11.3 Å². The minimum Gasteiger partial charge on any atom is -0.507 e. The summed E-state index contributed by atoms with van der Waals surface area (Å²) in [6.45, 7) is 6.69. The summed E-state index contributed by atoms with van der Waals surface area (Å²) in [6.07, 6.45) is 1.23. The molecule has 2 N–H and O–H groups in total. The molecular formula is C21H25FN4O2. The molecular weight excluding hydrogens is 359 g/mol. The van der Waals surface area contributed by atoms with Gasteiger partial charge in [-0.2, -0.15) is 5.10 Å². The minimum atomic E-state index is -0.478. The Hall–Kier alpha value is -2.77. The van der Waals surface area contributed by atoms with Crippen molar-refractivity contribution in [1.29, 1.82) is 0 Å². The topological polar surface area (TPSA) is 68.2 Å². The summed E-state index contributed by atoms with van der Waals surface area (Å²) in [7, 11) is 0. The number of phenols is 1. The van der Waals surface area contributed by atoms with Gasteiger partial charge in [0.1, 0.15) is 11.6 Å². The lowest BCUT2D eigenvalue weighted by molar-refractivity contribution is -0.122. The first-order valence-electron chi connectivity index (χ1n) is 9.30. The first-order chi connectivity index (χ1) is 13.5. The summed E-state index contributed by atoms with van der Waals surface area (Å²) in [6, 6.07) is 12.1. The summed E-state index contributed by atoms with van der Waals surface area (Å²) in [5.74, 6) is -0.808. The van der Waals surface area contributed by atoms with E-state index in [-0.39, 0.29) is 23.8 Å². The number of hydrogen-bond donors (Lipinski definition) is 2. The van der Waals surface area contributed by atoms with Crippen molar-refractivity contribution in [3.05, 3.63) is 65.0 Å². The van der Waals surface area contributed by atoms with E-state index >= 15 is 0 Å². The monoisotopic (exact) mass is 384 g/mol. The van der Waals surface area contributed by atoms with E-state index in [0.717, 1.165) is 44.9 Å². The molecule has 1 aliphatic rings. The number of rotatable bonds is 6. The van der Waals surface area contributed by atoms with Gasteiger partial charge in [0.25, 0.3) is 5.91 Å². The maximum Gasteiger partial charge on any atom is 0.254 e. The zero-order valence-corrected chi connectivity index (χ0v) is 15.9. The maximum atomic E-state index is 13.2. The average molecular weight is 384 g/mol. The minimum absolute atomic E-state index is 0.0934. The summed E-state index contributed by atoms with van der Waals surface area (Å²) in [5.41, 5.74) is 5.19. The molecule has 3 rings (SSSR count). The Morgan fingerprint density at radius 3 is 2.54 bits per heavy atom. The van der Waals surface area contributed by atoms with Gasteiger partial charge < -0.3 is 5.11 Å².